The summed E-state index contributed by atoms with van der Waals surface area (Å²) in [7, 11) is 0. The van der Waals surface area contributed by atoms with Gasteiger partial charge in [0.25, 0.3) is 0 Å². The Hall–Kier alpha value is -1.63. The van der Waals surface area contributed by atoms with E-state index in [1.807, 2.05) is 0 Å². The summed E-state index contributed by atoms with van der Waals surface area (Å²) < 4.78 is 1.47. The number of thiazole rings is 1. The summed E-state index contributed by atoms with van der Waals surface area (Å²) in [6.07, 6.45) is 1.65. The lowest BCUT2D eigenvalue weighted by Gasteiger charge is -1.93. The van der Waals surface area contributed by atoms with E-state index in [1.165, 1.54) is 4.57 Å². The van der Waals surface area contributed by atoms with Crippen LogP contribution in [0.25, 0.3) is 0 Å². The maximum atomic E-state index is 11.1. The highest BCUT2D eigenvalue weighted by Gasteiger charge is 2.01. The van der Waals surface area contributed by atoms with Crippen molar-refractivity contribution in [2.75, 3.05) is 0 Å². The molecule has 7 heteroatoms. The van der Waals surface area contributed by atoms with E-state index in [2.05, 4.69) is 15.2 Å². The molecule has 0 spiro atoms. The van der Waals surface area contributed by atoms with Crippen LogP contribution in [0.1, 0.15) is 5.82 Å². The SMILES string of the molecule is O=c1[nH]nc(Cn2ccsc2=O)[nH]1. The van der Waals surface area contributed by atoms with Gasteiger partial charge in [-0.1, -0.05) is 11.3 Å². The fraction of sp³-hybridized carbons (Fsp3) is 0.167. The Morgan fingerprint density at radius 3 is 2.92 bits per heavy atom. The van der Waals surface area contributed by atoms with Gasteiger partial charge in [0.15, 0.2) is 5.82 Å². The van der Waals surface area contributed by atoms with Crippen molar-refractivity contribution in [2.24, 2.45) is 0 Å². The minimum Gasteiger partial charge on any atom is -0.298 e. The summed E-state index contributed by atoms with van der Waals surface area (Å²) in [5, 5.41) is 7.60. The number of aromatic nitrogens is 4. The summed E-state index contributed by atoms with van der Waals surface area (Å²) in [4.78, 5) is 24.1. The molecule has 0 saturated heterocycles. The summed E-state index contributed by atoms with van der Waals surface area (Å²) in [6, 6.07) is 0. The fourth-order valence-electron chi connectivity index (χ4n) is 0.949. The Labute approximate surface area is 75.9 Å². The first-order valence-electron chi connectivity index (χ1n) is 3.53. The molecule has 0 fully saturated rings. The lowest BCUT2D eigenvalue weighted by atomic mass is 10.6. The molecule has 0 saturated carbocycles. The van der Waals surface area contributed by atoms with E-state index in [-0.39, 0.29) is 10.6 Å². The molecule has 0 bridgehead atoms. The molecule has 2 aromatic heterocycles. The molecule has 13 heavy (non-hydrogen) atoms. The van der Waals surface area contributed by atoms with Crippen LogP contribution < -0.4 is 10.6 Å². The smallest absolute Gasteiger partial charge is 0.298 e. The monoisotopic (exact) mass is 198 g/mol. The van der Waals surface area contributed by atoms with Gasteiger partial charge in [0.2, 0.25) is 0 Å². The second-order valence-corrected chi connectivity index (χ2v) is 3.28. The summed E-state index contributed by atoms with van der Waals surface area (Å²) in [5.74, 6) is 0.450. The van der Waals surface area contributed by atoms with E-state index in [0.29, 0.717) is 12.4 Å². The third-order valence-electron chi connectivity index (χ3n) is 1.51. The topological polar surface area (TPSA) is 83.5 Å². The molecule has 0 aromatic carbocycles. The molecule has 6 nitrogen and oxygen atoms in total. The molecule has 2 N–H and O–H groups in total. The van der Waals surface area contributed by atoms with Crippen LogP contribution in [0.3, 0.4) is 0 Å². The molecule has 0 atom stereocenters. The minimum atomic E-state index is -0.363. The lowest BCUT2D eigenvalue weighted by Crippen LogP contribution is -2.14. The molecule has 0 unspecified atom stereocenters. The quantitative estimate of drug-likeness (QED) is 0.673. The molecule has 0 aliphatic heterocycles. The first kappa shape index (κ1) is 7.99. The third-order valence-corrected chi connectivity index (χ3v) is 2.21. The molecule has 68 valence electrons. The predicted octanol–water partition coefficient (Wildman–Crippen LogP) is -0.631. The zero-order chi connectivity index (χ0) is 9.26. The normalized spacial score (nSPS) is 10.5. The van der Waals surface area contributed by atoms with Gasteiger partial charge in [-0.25, -0.2) is 9.89 Å². The van der Waals surface area contributed by atoms with Crippen LogP contribution in [-0.4, -0.2) is 19.7 Å². The predicted molar refractivity (Wildman–Crippen MR) is 46.9 cm³/mol. The van der Waals surface area contributed by atoms with Crippen molar-refractivity contribution in [1.82, 2.24) is 19.7 Å². The summed E-state index contributed by atoms with van der Waals surface area (Å²) >= 11 is 1.11. The molecular formula is C6H6N4O2S. The minimum absolute atomic E-state index is 0.0659. The van der Waals surface area contributed by atoms with Gasteiger partial charge in [-0.05, 0) is 0 Å². The van der Waals surface area contributed by atoms with E-state index in [9.17, 15) is 9.59 Å². The molecule has 0 amide bonds. The Bertz CT molecular complexity index is 505. The second kappa shape index (κ2) is 3.02. The Morgan fingerprint density at radius 1 is 1.54 bits per heavy atom. The Kier molecular flexibility index (Phi) is 1.85. The van der Waals surface area contributed by atoms with Crippen molar-refractivity contribution in [3.8, 4) is 0 Å². The molecule has 0 aliphatic carbocycles. The van der Waals surface area contributed by atoms with Crippen LogP contribution in [0.15, 0.2) is 21.2 Å². The number of hydrogen-bond donors (Lipinski definition) is 2. The van der Waals surface area contributed by atoms with Crippen molar-refractivity contribution in [1.29, 1.82) is 0 Å². The standard InChI is InChI=1S/C6H6N4O2S/c11-5-7-4(8-9-5)3-10-1-2-13-6(10)12/h1-2H,3H2,(H2,7,8,9,11). The Morgan fingerprint density at radius 2 is 2.38 bits per heavy atom. The first-order chi connectivity index (χ1) is 6.25. The second-order valence-electron chi connectivity index (χ2n) is 2.42. The van der Waals surface area contributed by atoms with E-state index in [4.69, 9.17) is 0 Å². The summed E-state index contributed by atoms with van der Waals surface area (Å²) in [5.41, 5.74) is -0.363. The largest absolute Gasteiger partial charge is 0.340 e. The number of rotatable bonds is 2. The van der Waals surface area contributed by atoms with E-state index in [1.54, 1.807) is 11.6 Å². The van der Waals surface area contributed by atoms with Crippen molar-refractivity contribution in [2.45, 2.75) is 6.54 Å². The number of nitrogens with zero attached hydrogens (tertiary/aromatic N) is 2. The summed E-state index contributed by atoms with van der Waals surface area (Å²) in [6.45, 7) is 0.293. The van der Waals surface area contributed by atoms with Crippen molar-refractivity contribution in [3.63, 3.8) is 0 Å². The average molecular weight is 198 g/mol. The Balaban J connectivity index is 2.29. The van der Waals surface area contributed by atoms with E-state index in [0.717, 1.165) is 11.3 Å². The van der Waals surface area contributed by atoms with Gasteiger partial charge in [0, 0.05) is 11.6 Å². The van der Waals surface area contributed by atoms with Crippen LogP contribution in [0.4, 0.5) is 0 Å². The van der Waals surface area contributed by atoms with Crippen LogP contribution >= 0.6 is 11.3 Å². The van der Waals surface area contributed by atoms with Gasteiger partial charge in [-0.3, -0.25) is 14.3 Å². The lowest BCUT2D eigenvalue weighted by molar-refractivity contribution is 0.736. The van der Waals surface area contributed by atoms with Crippen LogP contribution in [0.2, 0.25) is 0 Å². The number of aromatic amines is 2. The molecule has 0 radical (unpaired) electrons. The van der Waals surface area contributed by atoms with Gasteiger partial charge < -0.3 is 0 Å². The molecule has 2 rings (SSSR count). The van der Waals surface area contributed by atoms with Gasteiger partial charge in [-0.15, -0.1) is 0 Å². The zero-order valence-corrected chi connectivity index (χ0v) is 7.30. The van der Waals surface area contributed by atoms with Gasteiger partial charge >= 0.3 is 10.6 Å². The maximum absolute atomic E-state index is 11.1. The first-order valence-corrected chi connectivity index (χ1v) is 4.41. The maximum Gasteiger partial charge on any atom is 0.340 e. The molecular weight excluding hydrogens is 192 g/mol. The highest BCUT2D eigenvalue weighted by atomic mass is 32.1. The van der Waals surface area contributed by atoms with Gasteiger partial charge in [0.05, 0.1) is 6.54 Å². The number of hydrogen-bond acceptors (Lipinski definition) is 4. The van der Waals surface area contributed by atoms with Crippen molar-refractivity contribution in [3.05, 3.63) is 37.6 Å². The molecule has 2 heterocycles. The van der Waals surface area contributed by atoms with Crippen LogP contribution in [0.5, 0.6) is 0 Å². The van der Waals surface area contributed by atoms with Crippen LogP contribution in [0, 0.1) is 0 Å². The highest BCUT2D eigenvalue weighted by molar-refractivity contribution is 7.07. The number of H-pyrrole nitrogens is 2. The highest BCUT2D eigenvalue weighted by Crippen LogP contribution is 1.92. The van der Waals surface area contributed by atoms with Gasteiger partial charge in [0.1, 0.15) is 0 Å². The number of nitrogens with one attached hydrogen (secondary N) is 2. The van der Waals surface area contributed by atoms with E-state index < -0.39 is 0 Å². The van der Waals surface area contributed by atoms with Gasteiger partial charge in [-0.2, -0.15) is 5.10 Å². The zero-order valence-electron chi connectivity index (χ0n) is 6.48. The van der Waals surface area contributed by atoms with Crippen LogP contribution in [-0.2, 0) is 6.54 Å². The van der Waals surface area contributed by atoms with E-state index >= 15 is 0 Å². The molecule has 0 aliphatic rings. The fourth-order valence-corrected chi connectivity index (χ4v) is 1.53. The average Bonchev–Trinajstić information content (AvgIpc) is 2.64. The van der Waals surface area contributed by atoms with Crippen molar-refractivity contribution >= 4 is 11.3 Å². The molecule has 2 aromatic rings. The third kappa shape index (κ3) is 1.59. The van der Waals surface area contributed by atoms with Crippen molar-refractivity contribution < 1.29 is 0 Å².